The third-order valence-corrected chi connectivity index (χ3v) is 5.75. The molecule has 2 aromatic heterocycles. The molecule has 1 fully saturated rings. The number of aromatic nitrogens is 4. The van der Waals surface area contributed by atoms with Crippen molar-refractivity contribution in [1.29, 1.82) is 0 Å². The van der Waals surface area contributed by atoms with E-state index in [0.29, 0.717) is 34.2 Å². The molecule has 0 N–H and O–H groups in total. The maximum absolute atomic E-state index is 13.4. The van der Waals surface area contributed by atoms with E-state index in [4.69, 9.17) is 16.3 Å². The highest BCUT2D eigenvalue weighted by atomic mass is 35.5. The summed E-state index contributed by atoms with van der Waals surface area (Å²) >= 11 is 6.33. The standard InChI is InChI=1S/C22H19ClN4O3/c1-30-18-9-5-4-8-17(18)27-20-19(21(28)26(22(27)29)15-10-11-15)25(13-24-20)12-14-6-2-3-7-16(14)23/h2-9,13,15H,10-12H2,1H3. The Morgan fingerprint density at radius 2 is 1.83 bits per heavy atom. The summed E-state index contributed by atoms with van der Waals surface area (Å²) in [6.45, 7) is 0.375. The van der Waals surface area contributed by atoms with E-state index in [1.165, 1.54) is 9.13 Å². The van der Waals surface area contributed by atoms with Gasteiger partial charge in [-0.3, -0.25) is 9.36 Å². The molecule has 0 atom stereocenters. The van der Waals surface area contributed by atoms with Gasteiger partial charge in [-0.15, -0.1) is 0 Å². The zero-order valence-corrected chi connectivity index (χ0v) is 17.0. The summed E-state index contributed by atoms with van der Waals surface area (Å²) in [6, 6.07) is 14.6. The first kappa shape index (κ1) is 18.7. The number of hydrogen-bond donors (Lipinski definition) is 0. The molecule has 5 rings (SSSR count). The molecule has 2 aromatic carbocycles. The summed E-state index contributed by atoms with van der Waals surface area (Å²) < 4.78 is 10.0. The molecule has 1 aliphatic carbocycles. The Kier molecular flexibility index (Phi) is 4.47. The van der Waals surface area contributed by atoms with Gasteiger partial charge >= 0.3 is 5.69 Å². The zero-order valence-electron chi connectivity index (χ0n) is 16.3. The molecule has 152 valence electrons. The molecular weight excluding hydrogens is 404 g/mol. The maximum atomic E-state index is 13.4. The highest BCUT2D eigenvalue weighted by Gasteiger charge is 2.31. The zero-order chi connectivity index (χ0) is 20.8. The molecule has 1 saturated carbocycles. The maximum Gasteiger partial charge on any atom is 0.337 e. The van der Waals surface area contributed by atoms with Crippen LogP contribution < -0.4 is 16.0 Å². The molecule has 7 nitrogen and oxygen atoms in total. The summed E-state index contributed by atoms with van der Waals surface area (Å²) in [7, 11) is 1.55. The minimum Gasteiger partial charge on any atom is -0.495 e. The van der Waals surface area contributed by atoms with Crippen LogP contribution in [0.5, 0.6) is 5.75 Å². The van der Waals surface area contributed by atoms with Gasteiger partial charge in [-0.1, -0.05) is 41.9 Å². The van der Waals surface area contributed by atoms with E-state index in [1.807, 2.05) is 36.4 Å². The van der Waals surface area contributed by atoms with Gasteiger partial charge in [0.15, 0.2) is 11.2 Å². The number of imidazole rings is 1. The number of rotatable bonds is 5. The van der Waals surface area contributed by atoms with Crippen LogP contribution in [-0.4, -0.2) is 25.8 Å². The molecule has 4 aromatic rings. The van der Waals surface area contributed by atoms with E-state index in [1.54, 1.807) is 30.1 Å². The molecule has 0 saturated heterocycles. The van der Waals surface area contributed by atoms with E-state index in [2.05, 4.69) is 4.98 Å². The van der Waals surface area contributed by atoms with Crippen LogP contribution in [0, 0.1) is 0 Å². The lowest BCUT2D eigenvalue weighted by atomic mass is 10.2. The van der Waals surface area contributed by atoms with Gasteiger partial charge in [-0.25, -0.2) is 14.3 Å². The Morgan fingerprint density at radius 1 is 1.10 bits per heavy atom. The Labute approximate surface area is 176 Å². The van der Waals surface area contributed by atoms with Gasteiger partial charge in [0, 0.05) is 11.1 Å². The number of halogens is 1. The molecule has 0 unspecified atom stereocenters. The normalized spacial score (nSPS) is 13.7. The van der Waals surface area contributed by atoms with E-state index in [-0.39, 0.29) is 11.6 Å². The van der Waals surface area contributed by atoms with E-state index >= 15 is 0 Å². The van der Waals surface area contributed by atoms with E-state index in [9.17, 15) is 9.59 Å². The molecule has 0 amide bonds. The first-order valence-electron chi connectivity index (χ1n) is 9.69. The van der Waals surface area contributed by atoms with Crippen LogP contribution in [0.15, 0.2) is 64.4 Å². The van der Waals surface area contributed by atoms with Crippen LogP contribution >= 0.6 is 11.6 Å². The summed E-state index contributed by atoms with van der Waals surface area (Å²) in [4.78, 5) is 31.2. The minimum atomic E-state index is -0.400. The predicted molar refractivity (Wildman–Crippen MR) is 115 cm³/mol. The topological polar surface area (TPSA) is 71.1 Å². The lowest BCUT2D eigenvalue weighted by molar-refractivity contribution is 0.412. The monoisotopic (exact) mass is 422 g/mol. The Balaban J connectivity index is 1.81. The Morgan fingerprint density at radius 3 is 2.57 bits per heavy atom. The quantitative estimate of drug-likeness (QED) is 0.494. The molecule has 0 bridgehead atoms. The first-order valence-corrected chi connectivity index (χ1v) is 10.1. The smallest absolute Gasteiger partial charge is 0.337 e. The molecule has 2 heterocycles. The fourth-order valence-corrected chi connectivity index (χ4v) is 3.97. The minimum absolute atomic E-state index is 0.0842. The van der Waals surface area contributed by atoms with E-state index in [0.717, 1.165) is 18.4 Å². The van der Waals surface area contributed by atoms with Crippen molar-refractivity contribution in [3.63, 3.8) is 0 Å². The Hall–Kier alpha value is -3.32. The van der Waals surface area contributed by atoms with Crippen molar-refractivity contribution < 1.29 is 4.74 Å². The number of fused-ring (bicyclic) bond motifs is 1. The fraction of sp³-hybridized carbons (Fsp3) is 0.227. The molecular formula is C22H19ClN4O3. The Bertz CT molecular complexity index is 1380. The molecule has 1 aliphatic rings. The number of methoxy groups -OCH3 is 1. The van der Waals surface area contributed by atoms with Crippen molar-refractivity contribution in [3.05, 3.63) is 86.3 Å². The van der Waals surface area contributed by atoms with Crippen LogP contribution in [0.2, 0.25) is 5.02 Å². The predicted octanol–water partition coefficient (Wildman–Crippen LogP) is 3.39. The third kappa shape index (κ3) is 2.93. The SMILES string of the molecule is COc1ccccc1-n1c(=O)n(C2CC2)c(=O)c2c1ncn2Cc1ccccc1Cl. The van der Waals surface area contributed by atoms with Gasteiger partial charge in [0.05, 0.1) is 25.7 Å². The van der Waals surface area contributed by atoms with Crippen LogP contribution in [-0.2, 0) is 6.54 Å². The van der Waals surface area contributed by atoms with Crippen molar-refractivity contribution in [2.45, 2.75) is 25.4 Å². The summed E-state index contributed by atoms with van der Waals surface area (Å²) in [5.41, 5.74) is 1.36. The summed E-state index contributed by atoms with van der Waals surface area (Å²) in [5, 5.41) is 0.611. The number of benzene rings is 2. The largest absolute Gasteiger partial charge is 0.495 e. The molecule has 0 radical (unpaired) electrons. The lowest BCUT2D eigenvalue weighted by Crippen LogP contribution is -2.39. The van der Waals surface area contributed by atoms with Crippen LogP contribution in [0.4, 0.5) is 0 Å². The van der Waals surface area contributed by atoms with Gasteiger partial charge in [0.1, 0.15) is 5.75 Å². The van der Waals surface area contributed by atoms with Crippen molar-refractivity contribution in [1.82, 2.24) is 18.7 Å². The summed E-state index contributed by atoms with van der Waals surface area (Å²) in [5.74, 6) is 0.530. The lowest BCUT2D eigenvalue weighted by Gasteiger charge is -2.14. The fourth-order valence-electron chi connectivity index (χ4n) is 3.77. The average molecular weight is 423 g/mol. The number of hydrogen-bond acceptors (Lipinski definition) is 4. The highest BCUT2D eigenvalue weighted by molar-refractivity contribution is 6.31. The first-order chi connectivity index (χ1) is 14.6. The number of ether oxygens (including phenoxy) is 1. The average Bonchev–Trinajstić information content (AvgIpc) is 3.50. The summed E-state index contributed by atoms with van der Waals surface area (Å²) in [6.07, 6.45) is 3.20. The van der Waals surface area contributed by atoms with Crippen molar-refractivity contribution in [2.24, 2.45) is 0 Å². The second kappa shape index (κ2) is 7.18. The highest BCUT2D eigenvalue weighted by Crippen LogP contribution is 2.33. The molecule has 0 aliphatic heterocycles. The van der Waals surface area contributed by atoms with Crippen molar-refractivity contribution in [3.8, 4) is 11.4 Å². The van der Waals surface area contributed by atoms with Crippen molar-refractivity contribution >= 4 is 22.8 Å². The van der Waals surface area contributed by atoms with Gasteiger partial charge in [-0.05, 0) is 36.6 Å². The van der Waals surface area contributed by atoms with Gasteiger partial charge in [0.2, 0.25) is 0 Å². The second-order valence-electron chi connectivity index (χ2n) is 7.33. The van der Waals surface area contributed by atoms with Crippen LogP contribution in [0.1, 0.15) is 24.4 Å². The van der Waals surface area contributed by atoms with E-state index < -0.39 is 5.69 Å². The number of para-hydroxylation sites is 2. The second-order valence-corrected chi connectivity index (χ2v) is 7.74. The van der Waals surface area contributed by atoms with Gasteiger partial charge in [-0.2, -0.15) is 0 Å². The van der Waals surface area contributed by atoms with Crippen molar-refractivity contribution in [2.75, 3.05) is 7.11 Å². The molecule has 30 heavy (non-hydrogen) atoms. The van der Waals surface area contributed by atoms with Crippen LogP contribution in [0.25, 0.3) is 16.9 Å². The van der Waals surface area contributed by atoms with Gasteiger partial charge in [0.25, 0.3) is 5.56 Å². The molecule has 0 spiro atoms. The number of nitrogens with zero attached hydrogens (tertiary/aromatic N) is 4. The van der Waals surface area contributed by atoms with Gasteiger partial charge < -0.3 is 9.30 Å². The third-order valence-electron chi connectivity index (χ3n) is 5.39. The van der Waals surface area contributed by atoms with Crippen LogP contribution in [0.3, 0.4) is 0 Å². The molecule has 8 heteroatoms.